The SMILES string of the molecule is Nc1ccc2[nH]c(C(=O)NCCCC3CCCN3)cc2c1. The molecule has 0 bridgehead atoms. The zero-order valence-electron chi connectivity index (χ0n) is 12.1. The van der Waals surface area contributed by atoms with Crippen LogP contribution in [0.4, 0.5) is 5.69 Å². The number of amides is 1. The Hall–Kier alpha value is -2.01. The number of aromatic amines is 1. The van der Waals surface area contributed by atoms with Crippen LogP contribution in [-0.4, -0.2) is 30.0 Å². The number of H-pyrrole nitrogens is 1. The molecule has 112 valence electrons. The fourth-order valence-corrected chi connectivity index (χ4v) is 2.92. The minimum atomic E-state index is -0.0517. The lowest BCUT2D eigenvalue weighted by Crippen LogP contribution is -2.27. The normalized spacial score (nSPS) is 18.2. The quantitative estimate of drug-likeness (QED) is 0.501. The van der Waals surface area contributed by atoms with Gasteiger partial charge in [0.25, 0.3) is 5.91 Å². The van der Waals surface area contributed by atoms with Crippen molar-refractivity contribution in [3.63, 3.8) is 0 Å². The number of anilines is 1. The highest BCUT2D eigenvalue weighted by Gasteiger charge is 2.13. The lowest BCUT2D eigenvalue weighted by Gasteiger charge is -2.09. The van der Waals surface area contributed by atoms with Crippen LogP contribution >= 0.6 is 0 Å². The Morgan fingerprint density at radius 1 is 1.38 bits per heavy atom. The third-order valence-electron chi connectivity index (χ3n) is 4.07. The number of nitrogens with one attached hydrogen (secondary N) is 3. The topological polar surface area (TPSA) is 82.9 Å². The van der Waals surface area contributed by atoms with E-state index in [1.54, 1.807) is 0 Å². The number of rotatable bonds is 5. The third kappa shape index (κ3) is 3.36. The molecule has 1 amide bonds. The second-order valence-corrected chi connectivity index (χ2v) is 5.72. The van der Waals surface area contributed by atoms with E-state index in [0.29, 0.717) is 24.0 Å². The van der Waals surface area contributed by atoms with E-state index in [4.69, 9.17) is 5.73 Å². The summed E-state index contributed by atoms with van der Waals surface area (Å²) in [5.74, 6) is -0.0517. The minimum absolute atomic E-state index is 0.0517. The van der Waals surface area contributed by atoms with Crippen LogP contribution in [0.15, 0.2) is 24.3 Å². The van der Waals surface area contributed by atoms with Gasteiger partial charge in [-0.3, -0.25) is 4.79 Å². The van der Waals surface area contributed by atoms with Crippen LogP contribution in [0, 0.1) is 0 Å². The molecule has 5 heteroatoms. The highest BCUT2D eigenvalue weighted by atomic mass is 16.1. The van der Waals surface area contributed by atoms with Gasteiger partial charge in [0, 0.05) is 29.2 Å². The summed E-state index contributed by atoms with van der Waals surface area (Å²) in [6.07, 6.45) is 4.67. The molecule has 1 atom stereocenters. The van der Waals surface area contributed by atoms with E-state index in [2.05, 4.69) is 15.6 Å². The number of fused-ring (bicyclic) bond motifs is 1. The molecule has 5 nitrogen and oxygen atoms in total. The predicted molar refractivity (Wildman–Crippen MR) is 85.3 cm³/mol. The number of benzene rings is 1. The van der Waals surface area contributed by atoms with Gasteiger partial charge in [-0.25, -0.2) is 0 Å². The van der Waals surface area contributed by atoms with Crippen LogP contribution in [0.2, 0.25) is 0 Å². The molecule has 1 aliphatic rings. The van der Waals surface area contributed by atoms with Crippen LogP contribution in [0.5, 0.6) is 0 Å². The summed E-state index contributed by atoms with van der Waals surface area (Å²) in [5.41, 5.74) is 7.98. The monoisotopic (exact) mass is 286 g/mol. The first kappa shape index (κ1) is 13.9. The molecule has 3 rings (SSSR count). The second kappa shape index (κ2) is 6.18. The van der Waals surface area contributed by atoms with E-state index < -0.39 is 0 Å². The van der Waals surface area contributed by atoms with Crippen molar-refractivity contribution >= 4 is 22.5 Å². The van der Waals surface area contributed by atoms with E-state index in [9.17, 15) is 4.79 Å². The van der Waals surface area contributed by atoms with E-state index >= 15 is 0 Å². The maximum absolute atomic E-state index is 12.1. The Bertz CT molecular complexity index is 628. The molecular formula is C16H22N4O. The van der Waals surface area contributed by atoms with E-state index in [1.165, 1.54) is 12.8 Å². The Labute approximate surface area is 124 Å². The summed E-state index contributed by atoms with van der Waals surface area (Å²) in [7, 11) is 0. The standard InChI is InChI=1S/C16H22N4O/c17-12-5-6-14-11(9-12)10-15(20-14)16(21)19-8-2-4-13-3-1-7-18-13/h5-6,9-10,13,18,20H,1-4,7-8,17H2,(H,19,21). The highest BCUT2D eigenvalue weighted by molar-refractivity contribution is 5.98. The third-order valence-corrected chi connectivity index (χ3v) is 4.07. The van der Waals surface area contributed by atoms with Crippen molar-refractivity contribution in [1.29, 1.82) is 0 Å². The molecule has 1 aromatic heterocycles. The lowest BCUT2D eigenvalue weighted by molar-refractivity contribution is 0.0948. The van der Waals surface area contributed by atoms with Crippen LogP contribution in [0.1, 0.15) is 36.2 Å². The molecular weight excluding hydrogens is 264 g/mol. The average Bonchev–Trinajstić information content (AvgIpc) is 3.11. The maximum atomic E-state index is 12.1. The van der Waals surface area contributed by atoms with Gasteiger partial charge >= 0.3 is 0 Å². The number of carbonyl (C=O) groups is 1. The Balaban J connectivity index is 1.51. The largest absolute Gasteiger partial charge is 0.399 e. The van der Waals surface area contributed by atoms with Gasteiger partial charge in [0.2, 0.25) is 0 Å². The van der Waals surface area contributed by atoms with Crippen LogP contribution < -0.4 is 16.4 Å². The van der Waals surface area contributed by atoms with Crippen molar-refractivity contribution in [1.82, 2.24) is 15.6 Å². The van der Waals surface area contributed by atoms with Crippen LogP contribution in [-0.2, 0) is 0 Å². The van der Waals surface area contributed by atoms with E-state index in [0.717, 1.165) is 30.3 Å². The molecule has 2 heterocycles. The zero-order valence-corrected chi connectivity index (χ0v) is 12.1. The maximum Gasteiger partial charge on any atom is 0.267 e. The molecule has 0 saturated carbocycles. The number of hydrogen-bond donors (Lipinski definition) is 4. The molecule has 1 aliphatic heterocycles. The lowest BCUT2D eigenvalue weighted by atomic mass is 10.1. The van der Waals surface area contributed by atoms with Gasteiger partial charge in [0.05, 0.1) is 0 Å². The summed E-state index contributed by atoms with van der Waals surface area (Å²) in [6, 6.07) is 8.08. The summed E-state index contributed by atoms with van der Waals surface area (Å²) < 4.78 is 0. The van der Waals surface area contributed by atoms with Gasteiger partial charge in [-0.2, -0.15) is 0 Å². The van der Waals surface area contributed by atoms with Gasteiger partial charge in [-0.15, -0.1) is 0 Å². The zero-order chi connectivity index (χ0) is 14.7. The van der Waals surface area contributed by atoms with Crippen molar-refractivity contribution < 1.29 is 4.79 Å². The fraction of sp³-hybridized carbons (Fsp3) is 0.438. The number of nitrogens with two attached hydrogens (primary N) is 1. The van der Waals surface area contributed by atoms with Crippen molar-refractivity contribution in [3.8, 4) is 0 Å². The number of aromatic nitrogens is 1. The molecule has 0 radical (unpaired) electrons. The van der Waals surface area contributed by atoms with E-state index in [-0.39, 0.29) is 5.91 Å². The fourth-order valence-electron chi connectivity index (χ4n) is 2.92. The number of hydrogen-bond acceptors (Lipinski definition) is 3. The van der Waals surface area contributed by atoms with Crippen LogP contribution in [0.25, 0.3) is 10.9 Å². The second-order valence-electron chi connectivity index (χ2n) is 5.72. The summed E-state index contributed by atoms with van der Waals surface area (Å²) in [4.78, 5) is 15.2. The summed E-state index contributed by atoms with van der Waals surface area (Å²) >= 11 is 0. The molecule has 0 spiro atoms. The molecule has 21 heavy (non-hydrogen) atoms. The first-order chi connectivity index (χ1) is 10.2. The van der Waals surface area contributed by atoms with Crippen LogP contribution in [0.3, 0.4) is 0 Å². The van der Waals surface area contributed by atoms with Crippen molar-refractivity contribution in [2.75, 3.05) is 18.8 Å². The van der Waals surface area contributed by atoms with Crippen molar-refractivity contribution in [2.45, 2.75) is 31.7 Å². The smallest absolute Gasteiger partial charge is 0.267 e. The molecule has 1 saturated heterocycles. The average molecular weight is 286 g/mol. The minimum Gasteiger partial charge on any atom is -0.399 e. The molecule has 1 aromatic carbocycles. The molecule has 1 unspecified atom stereocenters. The number of carbonyl (C=O) groups excluding carboxylic acids is 1. The molecule has 1 fully saturated rings. The first-order valence-electron chi connectivity index (χ1n) is 7.62. The molecule has 5 N–H and O–H groups in total. The Morgan fingerprint density at radius 3 is 3.10 bits per heavy atom. The Kier molecular flexibility index (Phi) is 4.10. The first-order valence-corrected chi connectivity index (χ1v) is 7.62. The van der Waals surface area contributed by atoms with Gasteiger partial charge in [0.15, 0.2) is 0 Å². The molecule has 0 aliphatic carbocycles. The summed E-state index contributed by atoms with van der Waals surface area (Å²) in [6.45, 7) is 1.85. The Morgan fingerprint density at radius 2 is 2.29 bits per heavy atom. The van der Waals surface area contributed by atoms with Gasteiger partial charge in [-0.05, 0) is 56.5 Å². The van der Waals surface area contributed by atoms with Crippen molar-refractivity contribution in [3.05, 3.63) is 30.0 Å². The number of nitrogen functional groups attached to an aromatic ring is 1. The van der Waals surface area contributed by atoms with E-state index in [1.807, 2.05) is 24.3 Å². The van der Waals surface area contributed by atoms with Gasteiger partial charge in [0.1, 0.15) is 5.69 Å². The van der Waals surface area contributed by atoms with Crippen molar-refractivity contribution in [2.24, 2.45) is 0 Å². The predicted octanol–water partition coefficient (Wildman–Crippen LogP) is 2.01. The summed E-state index contributed by atoms with van der Waals surface area (Å²) in [5, 5.41) is 7.41. The highest BCUT2D eigenvalue weighted by Crippen LogP contribution is 2.18. The van der Waals surface area contributed by atoms with Gasteiger partial charge in [-0.1, -0.05) is 0 Å². The van der Waals surface area contributed by atoms with Gasteiger partial charge < -0.3 is 21.4 Å². The molecule has 2 aromatic rings.